The minimum atomic E-state index is -3.89. The molecule has 0 aliphatic heterocycles. The lowest BCUT2D eigenvalue weighted by molar-refractivity contribution is 0.163. The number of rotatable bonds is 7. The zero-order valence-electron chi connectivity index (χ0n) is 10.7. The summed E-state index contributed by atoms with van der Waals surface area (Å²) in [6.07, 6.45) is 0. The molecule has 1 rings (SSSR count). The highest BCUT2D eigenvalue weighted by Gasteiger charge is 2.15. The van der Waals surface area contributed by atoms with E-state index in [0.29, 0.717) is 6.61 Å². The zero-order chi connectivity index (χ0) is 15.4. The minimum absolute atomic E-state index is 0.0543. The summed E-state index contributed by atoms with van der Waals surface area (Å²) in [5, 5.41) is 4.88. The number of ether oxygens (including phenoxy) is 1. The second kappa shape index (κ2) is 6.72. The molecular formula is C10H15ClN2O5S2. The summed E-state index contributed by atoms with van der Waals surface area (Å²) < 4.78 is 52.9. The first-order valence-corrected chi connectivity index (χ1v) is 9.14. The molecule has 0 bridgehead atoms. The molecule has 114 valence electrons. The van der Waals surface area contributed by atoms with Gasteiger partial charge in [0.15, 0.2) is 0 Å². The van der Waals surface area contributed by atoms with Gasteiger partial charge in [-0.2, -0.15) is 0 Å². The van der Waals surface area contributed by atoms with Crippen LogP contribution in [0.3, 0.4) is 0 Å². The average Bonchev–Trinajstić information content (AvgIpc) is 2.30. The summed E-state index contributed by atoms with van der Waals surface area (Å²) in [6, 6.07) is 3.49. The Balaban J connectivity index is 2.89. The van der Waals surface area contributed by atoms with Crippen LogP contribution < -0.4 is 9.86 Å². The maximum Gasteiger partial charge on any atom is 0.238 e. The van der Waals surface area contributed by atoms with Crippen LogP contribution in [0.15, 0.2) is 23.1 Å². The van der Waals surface area contributed by atoms with Gasteiger partial charge < -0.3 is 4.74 Å². The highest BCUT2D eigenvalue weighted by Crippen LogP contribution is 2.25. The van der Waals surface area contributed by atoms with E-state index in [0.717, 1.165) is 6.07 Å². The molecule has 7 nitrogen and oxygen atoms in total. The Morgan fingerprint density at radius 1 is 1.30 bits per heavy atom. The number of hydrogen-bond donors (Lipinski definition) is 2. The zero-order valence-corrected chi connectivity index (χ0v) is 13.1. The van der Waals surface area contributed by atoms with Crippen LogP contribution in [0.25, 0.3) is 0 Å². The number of benzene rings is 1. The van der Waals surface area contributed by atoms with E-state index in [2.05, 4.69) is 4.72 Å². The van der Waals surface area contributed by atoms with Crippen molar-refractivity contribution in [3.63, 3.8) is 0 Å². The Bertz CT molecular complexity index is 673. The van der Waals surface area contributed by atoms with E-state index in [9.17, 15) is 16.8 Å². The molecule has 0 aliphatic carbocycles. The van der Waals surface area contributed by atoms with Crippen LogP contribution in [0.4, 0.5) is 5.69 Å². The predicted octanol–water partition coefficient (Wildman–Crippen LogP) is 0.766. The molecule has 0 radical (unpaired) electrons. The molecule has 1 aromatic carbocycles. The molecule has 1 aromatic rings. The van der Waals surface area contributed by atoms with Gasteiger partial charge in [0.05, 0.1) is 28.0 Å². The third kappa shape index (κ3) is 5.25. The number of nitrogens with two attached hydrogens (primary N) is 1. The van der Waals surface area contributed by atoms with Crippen molar-refractivity contribution in [3.05, 3.63) is 23.2 Å². The fraction of sp³-hybridized carbons (Fsp3) is 0.400. The van der Waals surface area contributed by atoms with Gasteiger partial charge in [-0.15, -0.1) is 0 Å². The van der Waals surface area contributed by atoms with Crippen molar-refractivity contribution in [2.24, 2.45) is 5.14 Å². The van der Waals surface area contributed by atoms with Crippen LogP contribution in [0.1, 0.15) is 6.92 Å². The molecule has 3 N–H and O–H groups in total. The number of sulfonamides is 2. The smallest absolute Gasteiger partial charge is 0.238 e. The molecule has 0 spiro atoms. The van der Waals surface area contributed by atoms with Crippen molar-refractivity contribution in [2.45, 2.75) is 11.8 Å². The predicted molar refractivity (Wildman–Crippen MR) is 76.7 cm³/mol. The number of nitrogens with one attached hydrogen (secondary N) is 1. The molecule has 10 heteroatoms. The maximum atomic E-state index is 11.7. The second-order valence-electron chi connectivity index (χ2n) is 3.80. The van der Waals surface area contributed by atoms with Crippen molar-refractivity contribution in [1.82, 2.24) is 0 Å². The monoisotopic (exact) mass is 342 g/mol. The Morgan fingerprint density at radius 2 is 1.95 bits per heavy atom. The first-order valence-electron chi connectivity index (χ1n) is 5.56. The van der Waals surface area contributed by atoms with Gasteiger partial charge in [0.1, 0.15) is 0 Å². The molecular weight excluding hydrogens is 328 g/mol. The Labute approximate surface area is 123 Å². The highest BCUT2D eigenvalue weighted by molar-refractivity contribution is 7.92. The van der Waals surface area contributed by atoms with Gasteiger partial charge in [-0.25, -0.2) is 22.0 Å². The van der Waals surface area contributed by atoms with Crippen molar-refractivity contribution in [3.8, 4) is 0 Å². The van der Waals surface area contributed by atoms with Crippen LogP contribution in [-0.2, 0) is 24.8 Å². The summed E-state index contributed by atoms with van der Waals surface area (Å²) in [7, 11) is -7.50. The largest absolute Gasteiger partial charge is 0.381 e. The molecule has 0 heterocycles. The third-order valence-electron chi connectivity index (χ3n) is 2.24. The Morgan fingerprint density at radius 3 is 2.45 bits per heavy atom. The molecule has 0 unspecified atom stereocenters. The van der Waals surface area contributed by atoms with Gasteiger partial charge >= 0.3 is 0 Å². The minimum Gasteiger partial charge on any atom is -0.381 e. The van der Waals surface area contributed by atoms with E-state index in [1.807, 2.05) is 0 Å². The van der Waals surface area contributed by atoms with Crippen LogP contribution in [-0.4, -0.2) is 35.8 Å². The fourth-order valence-corrected chi connectivity index (χ4v) is 3.13. The highest BCUT2D eigenvalue weighted by atomic mass is 35.5. The Hall–Kier alpha value is -0.870. The van der Waals surface area contributed by atoms with Crippen LogP contribution >= 0.6 is 11.6 Å². The quantitative estimate of drug-likeness (QED) is 0.710. The normalized spacial score (nSPS) is 12.3. The lowest BCUT2D eigenvalue weighted by Crippen LogP contribution is -2.20. The lowest BCUT2D eigenvalue weighted by atomic mass is 10.3. The first-order chi connectivity index (χ1) is 9.15. The first kappa shape index (κ1) is 17.2. The molecule has 0 amide bonds. The number of hydrogen-bond acceptors (Lipinski definition) is 5. The van der Waals surface area contributed by atoms with Gasteiger partial charge in [0.2, 0.25) is 20.0 Å². The molecule has 0 saturated carbocycles. The van der Waals surface area contributed by atoms with Gasteiger partial charge in [-0.3, -0.25) is 4.72 Å². The van der Waals surface area contributed by atoms with E-state index < -0.39 is 20.0 Å². The van der Waals surface area contributed by atoms with E-state index in [1.165, 1.54) is 12.1 Å². The molecule has 0 aromatic heterocycles. The maximum absolute atomic E-state index is 11.7. The average molecular weight is 343 g/mol. The SMILES string of the molecule is CCOCCS(=O)(=O)Nc1ccc(S(N)(=O)=O)cc1Cl. The second-order valence-corrected chi connectivity index (χ2v) is 7.62. The summed E-state index contributed by atoms with van der Waals surface area (Å²) in [4.78, 5) is -0.195. The van der Waals surface area contributed by atoms with Crippen LogP contribution in [0.2, 0.25) is 5.02 Å². The van der Waals surface area contributed by atoms with Crippen molar-refractivity contribution < 1.29 is 21.6 Å². The van der Waals surface area contributed by atoms with E-state index in [1.54, 1.807) is 6.92 Å². The third-order valence-corrected chi connectivity index (χ3v) is 4.69. The fourth-order valence-electron chi connectivity index (χ4n) is 1.29. The van der Waals surface area contributed by atoms with Crippen molar-refractivity contribution in [1.29, 1.82) is 0 Å². The number of anilines is 1. The number of halogens is 1. The lowest BCUT2D eigenvalue weighted by Gasteiger charge is -2.10. The molecule has 0 atom stereocenters. The summed E-state index contributed by atoms with van der Waals surface area (Å²) >= 11 is 5.82. The molecule has 0 fully saturated rings. The summed E-state index contributed by atoms with van der Waals surface area (Å²) in [5.41, 5.74) is 0.0792. The van der Waals surface area contributed by atoms with Crippen LogP contribution in [0.5, 0.6) is 0 Å². The summed E-state index contributed by atoms with van der Waals surface area (Å²) in [5.74, 6) is -0.228. The van der Waals surface area contributed by atoms with E-state index >= 15 is 0 Å². The standard InChI is InChI=1S/C10H15ClN2O5S2/c1-2-18-5-6-19(14,15)13-10-4-3-8(7-9(10)11)20(12,16)17/h3-4,7,13H,2,5-6H2,1H3,(H2,12,16,17). The Kier molecular flexibility index (Phi) is 5.78. The molecule has 0 aliphatic rings. The van der Waals surface area contributed by atoms with E-state index in [4.69, 9.17) is 21.5 Å². The van der Waals surface area contributed by atoms with Crippen molar-refractivity contribution in [2.75, 3.05) is 23.7 Å². The van der Waals surface area contributed by atoms with Crippen molar-refractivity contribution >= 4 is 37.3 Å². The molecule has 20 heavy (non-hydrogen) atoms. The summed E-state index contributed by atoms with van der Waals surface area (Å²) in [6.45, 7) is 2.22. The van der Waals surface area contributed by atoms with Gasteiger partial charge in [0, 0.05) is 6.61 Å². The van der Waals surface area contributed by atoms with E-state index in [-0.39, 0.29) is 28.0 Å². The van der Waals surface area contributed by atoms with Crippen LogP contribution in [0, 0.1) is 0 Å². The van der Waals surface area contributed by atoms with Gasteiger partial charge in [0.25, 0.3) is 0 Å². The van der Waals surface area contributed by atoms with Gasteiger partial charge in [-0.1, -0.05) is 11.6 Å². The molecule has 0 saturated heterocycles. The topological polar surface area (TPSA) is 116 Å². The number of primary sulfonamides is 1. The van der Waals surface area contributed by atoms with Gasteiger partial charge in [-0.05, 0) is 25.1 Å².